The Kier molecular flexibility index (Phi) is 12.9. The number of methoxy groups -OCH3 is 1. The van der Waals surface area contributed by atoms with E-state index in [4.69, 9.17) is 16.3 Å². The van der Waals surface area contributed by atoms with Crippen molar-refractivity contribution in [2.24, 2.45) is 0 Å². The van der Waals surface area contributed by atoms with Gasteiger partial charge in [-0.05, 0) is 66.9 Å². The van der Waals surface area contributed by atoms with E-state index < -0.39 is 28.5 Å². The summed E-state index contributed by atoms with van der Waals surface area (Å²) in [5.41, 5.74) is 2.60. The van der Waals surface area contributed by atoms with Crippen molar-refractivity contribution in [1.82, 2.24) is 10.2 Å². The van der Waals surface area contributed by atoms with Crippen molar-refractivity contribution in [3.63, 3.8) is 0 Å². The summed E-state index contributed by atoms with van der Waals surface area (Å²) in [6.45, 7) is 3.78. The number of rotatable bonds is 15. The van der Waals surface area contributed by atoms with Crippen molar-refractivity contribution in [1.29, 1.82) is 0 Å². The van der Waals surface area contributed by atoms with E-state index in [1.807, 2.05) is 68.4 Å². The molecule has 11 heteroatoms. The molecule has 0 radical (unpaired) electrons. The number of carbonyl (C=O) groups is 2. The Bertz CT molecular complexity index is 1770. The molecule has 0 aliphatic carbocycles. The second-order valence-electron chi connectivity index (χ2n) is 11.1. The van der Waals surface area contributed by atoms with E-state index in [1.165, 1.54) is 30.2 Å². The normalized spacial score (nSPS) is 11.9. The molecule has 4 aromatic rings. The topological polar surface area (TPSA) is 96.0 Å². The Hall–Kier alpha value is -3.86. The highest BCUT2D eigenvalue weighted by Crippen LogP contribution is 2.35. The standard InChI is InChI=1S/C36H39BrClN3O5S/c1-4-5-20-39-36(43)33(22-27-10-7-6-8-11-27)40(24-28-12-9-13-29(37)21-28)35(42)25-41(32-23-30(38)16-19-34(32)46-3)47(44,45)31-17-14-26(2)15-18-31/h6-19,21,23,33H,4-5,20,22,24-25H2,1-3H3,(H,39,43)/t33-/m0/s1. The fourth-order valence-electron chi connectivity index (χ4n) is 5.10. The molecule has 0 saturated heterocycles. The predicted octanol–water partition coefficient (Wildman–Crippen LogP) is 7.17. The largest absolute Gasteiger partial charge is 0.495 e. The highest BCUT2D eigenvalue weighted by atomic mass is 79.9. The third-order valence-electron chi connectivity index (χ3n) is 7.64. The second kappa shape index (κ2) is 16.8. The number of nitrogens with one attached hydrogen (secondary N) is 1. The Labute approximate surface area is 290 Å². The van der Waals surface area contributed by atoms with Crippen LogP contribution in [0.1, 0.15) is 36.5 Å². The van der Waals surface area contributed by atoms with Crippen molar-refractivity contribution >= 4 is 55.1 Å². The van der Waals surface area contributed by atoms with Gasteiger partial charge in [-0.25, -0.2) is 8.42 Å². The van der Waals surface area contributed by atoms with Crippen LogP contribution in [0.5, 0.6) is 5.75 Å². The molecule has 1 N–H and O–H groups in total. The number of hydrogen-bond donors (Lipinski definition) is 1. The van der Waals surface area contributed by atoms with Crippen LogP contribution in [-0.2, 0) is 32.6 Å². The highest BCUT2D eigenvalue weighted by Gasteiger charge is 2.35. The number of halogens is 2. The van der Waals surface area contributed by atoms with Gasteiger partial charge in [-0.1, -0.05) is 101 Å². The lowest BCUT2D eigenvalue weighted by Crippen LogP contribution is -2.53. The summed E-state index contributed by atoms with van der Waals surface area (Å²) in [5.74, 6) is -0.678. The number of anilines is 1. The Morgan fingerprint density at radius 1 is 0.936 bits per heavy atom. The number of aryl methyl sites for hydroxylation is 1. The Morgan fingerprint density at radius 3 is 2.30 bits per heavy atom. The van der Waals surface area contributed by atoms with Gasteiger partial charge < -0.3 is 15.0 Å². The molecule has 248 valence electrons. The monoisotopic (exact) mass is 739 g/mol. The third-order valence-corrected chi connectivity index (χ3v) is 10.1. The molecule has 0 unspecified atom stereocenters. The maximum Gasteiger partial charge on any atom is 0.264 e. The zero-order valence-corrected chi connectivity index (χ0v) is 29.8. The van der Waals surface area contributed by atoms with Gasteiger partial charge in [0.15, 0.2) is 0 Å². The maximum absolute atomic E-state index is 14.7. The second-order valence-corrected chi connectivity index (χ2v) is 14.4. The van der Waals surface area contributed by atoms with E-state index in [9.17, 15) is 18.0 Å². The zero-order chi connectivity index (χ0) is 34.0. The smallest absolute Gasteiger partial charge is 0.264 e. The van der Waals surface area contributed by atoms with Crippen molar-refractivity contribution in [3.05, 3.63) is 123 Å². The van der Waals surface area contributed by atoms with Gasteiger partial charge in [0.1, 0.15) is 18.3 Å². The minimum absolute atomic E-state index is 0.00499. The van der Waals surface area contributed by atoms with Gasteiger partial charge in [-0.2, -0.15) is 0 Å². The van der Waals surface area contributed by atoms with Gasteiger partial charge in [0.05, 0.1) is 17.7 Å². The number of amides is 2. The number of ether oxygens (including phenoxy) is 1. The highest BCUT2D eigenvalue weighted by molar-refractivity contribution is 9.10. The summed E-state index contributed by atoms with van der Waals surface area (Å²) in [7, 11) is -2.89. The van der Waals surface area contributed by atoms with Crippen LogP contribution >= 0.6 is 27.5 Å². The first-order valence-corrected chi connectivity index (χ1v) is 17.9. The molecular weight excluding hydrogens is 702 g/mol. The first-order valence-electron chi connectivity index (χ1n) is 15.3. The summed E-state index contributed by atoms with van der Waals surface area (Å²) in [6.07, 6.45) is 1.89. The molecule has 8 nitrogen and oxygen atoms in total. The molecule has 1 atom stereocenters. The number of hydrogen-bond acceptors (Lipinski definition) is 5. The van der Waals surface area contributed by atoms with Crippen LogP contribution in [0.25, 0.3) is 0 Å². The summed E-state index contributed by atoms with van der Waals surface area (Å²) in [6, 6.07) is 26.9. The summed E-state index contributed by atoms with van der Waals surface area (Å²) >= 11 is 9.87. The van der Waals surface area contributed by atoms with Crippen molar-refractivity contribution in [2.45, 2.75) is 50.6 Å². The van der Waals surface area contributed by atoms with Gasteiger partial charge in [-0.3, -0.25) is 13.9 Å². The molecule has 2 amide bonds. The molecule has 4 rings (SSSR count). The number of benzene rings is 4. The molecule has 0 bridgehead atoms. The van der Waals surface area contributed by atoms with Crippen LogP contribution in [-0.4, -0.2) is 51.4 Å². The van der Waals surface area contributed by atoms with Crippen molar-refractivity contribution in [2.75, 3.05) is 24.5 Å². The van der Waals surface area contributed by atoms with Gasteiger partial charge >= 0.3 is 0 Å². The first kappa shape index (κ1) is 36.0. The minimum Gasteiger partial charge on any atom is -0.495 e. The molecule has 4 aromatic carbocycles. The lowest BCUT2D eigenvalue weighted by molar-refractivity contribution is -0.140. The number of nitrogens with zero attached hydrogens (tertiary/aromatic N) is 2. The van der Waals surface area contributed by atoms with Crippen LogP contribution in [0.3, 0.4) is 0 Å². The fourth-order valence-corrected chi connectivity index (χ4v) is 7.13. The summed E-state index contributed by atoms with van der Waals surface area (Å²) < 4.78 is 36.0. The summed E-state index contributed by atoms with van der Waals surface area (Å²) in [4.78, 5) is 30.0. The minimum atomic E-state index is -4.31. The molecule has 0 spiro atoms. The molecular formula is C36H39BrClN3O5S. The maximum atomic E-state index is 14.7. The van der Waals surface area contributed by atoms with E-state index in [-0.39, 0.29) is 40.2 Å². The predicted molar refractivity (Wildman–Crippen MR) is 190 cm³/mol. The molecule has 47 heavy (non-hydrogen) atoms. The third kappa shape index (κ3) is 9.59. The van der Waals surface area contributed by atoms with E-state index in [0.717, 1.165) is 38.3 Å². The van der Waals surface area contributed by atoms with Gasteiger partial charge in [0.25, 0.3) is 10.0 Å². The molecule has 0 heterocycles. The van der Waals surface area contributed by atoms with E-state index >= 15 is 0 Å². The number of carbonyl (C=O) groups excluding carboxylic acids is 2. The summed E-state index contributed by atoms with van der Waals surface area (Å²) in [5, 5.41) is 3.26. The van der Waals surface area contributed by atoms with Crippen molar-refractivity contribution < 1.29 is 22.7 Å². The van der Waals surface area contributed by atoms with Crippen LogP contribution in [0.2, 0.25) is 5.02 Å². The Balaban J connectivity index is 1.84. The van der Waals surface area contributed by atoms with Crippen LogP contribution in [0, 0.1) is 6.92 Å². The van der Waals surface area contributed by atoms with E-state index in [2.05, 4.69) is 21.2 Å². The fraction of sp³-hybridized carbons (Fsp3) is 0.278. The van der Waals surface area contributed by atoms with Crippen LogP contribution in [0.15, 0.2) is 106 Å². The number of unbranched alkanes of at least 4 members (excludes halogenated alkanes) is 1. The average Bonchev–Trinajstić information content (AvgIpc) is 3.05. The Morgan fingerprint density at radius 2 is 1.64 bits per heavy atom. The number of sulfonamides is 1. The quantitative estimate of drug-likeness (QED) is 0.131. The molecule has 0 saturated carbocycles. The molecule has 0 aromatic heterocycles. The lowest BCUT2D eigenvalue weighted by Gasteiger charge is -2.34. The van der Waals surface area contributed by atoms with E-state index in [1.54, 1.807) is 24.3 Å². The molecule has 0 aliphatic heterocycles. The van der Waals surface area contributed by atoms with Crippen molar-refractivity contribution in [3.8, 4) is 5.75 Å². The van der Waals surface area contributed by atoms with Crippen LogP contribution < -0.4 is 14.4 Å². The lowest BCUT2D eigenvalue weighted by atomic mass is 10.0. The first-order chi connectivity index (χ1) is 22.5. The van der Waals surface area contributed by atoms with Crippen LogP contribution in [0.4, 0.5) is 5.69 Å². The average molecular weight is 741 g/mol. The van der Waals surface area contributed by atoms with Gasteiger partial charge in [-0.15, -0.1) is 0 Å². The SMILES string of the molecule is CCCCNC(=O)[C@H](Cc1ccccc1)N(Cc1cccc(Br)c1)C(=O)CN(c1cc(Cl)ccc1OC)S(=O)(=O)c1ccc(C)cc1. The zero-order valence-electron chi connectivity index (χ0n) is 26.7. The van der Waals surface area contributed by atoms with Gasteiger partial charge in [0.2, 0.25) is 11.8 Å². The van der Waals surface area contributed by atoms with E-state index in [0.29, 0.717) is 6.54 Å². The van der Waals surface area contributed by atoms with Gasteiger partial charge in [0, 0.05) is 29.0 Å². The molecule has 0 aliphatic rings. The molecule has 0 fully saturated rings.